The van der Waals surface area contributed by atoms with Crippen LogP contribution in [-0.2, 0) is 11.3 Å². The Morgan fingerprint density at radius 3 is 2.77 bits per heavy atom. The SMILES string of the molecule is CSc1nnc(CN2C[C@H](c3ccccc3)OCC2(C)C)s1. The van der Waals surface area contributed by atoms with Crippen LogP contribution in [0.25, 0.3) is 0 Å². The Hall–Kier alpha value is -0.950. The number of nitrogens with zero attached hydrogens (tertiary/aromatic N) is 3. The van der Waals surface area contributed by atoms with Gasteiger partial charge in [-0.2, -0.15) is 0 Å². The van der Waals surface area contributed by atoms with Crippen molar-refractivity contribution in [1.29, 1.82) is 0 Å². The molecule has 0 amide bonds. The van der Waals surface area contributed by atoms with Gasteiger partial charge in [0, 0.05) is 12.1 Å². The molecule has 1 aromatic carbocycles. The first-order valence-corrected chi connectivity index (χ1v) is 9.40. The highest BCUT2D eigenvalue weighted by Crippen LogP contribution is 2.32. The lowest BCUT2D eigenvalue weighted by atomic mass is 9.98. The monoisotopic (exact) mass is 335 g/mol. The molecule has 0 radical (unpaired) electrons. The Kier molecular flexibility index (Phi) is 4.82. The molecule has 2 heterocycles. The molecule has 1 aromatic heterocycles. The van der Waals surface area contributed by atoms with Crippen LogP contribution < -0.4 is 0 Å². The first kappa shape index (κ1) is 15.9. The molecule has 1 fully saturated rings. The predicted molar refractivity (Wildman–Crippen MR) is 91.3 cm³/mol. The maximum Gasteiger partial charge on any atom is 0.174 e. The molecule has 0 bridgehead atoms. The third-order valence-corrected chi connectivity index (χ3v) is 5.88. The van der Waals surface area contributed by atoms with Gasteiger partial charge in [0.1, 0.15) is 5.01 Å². The second-order valence-electron chi connectivity index (χ2n) is 6.07. The van der Waals surface area contributed by atoms with E-state index >= 15 is 0 Å². The highest BCUT2D eigenvalue weighted by molar-refractivity contribution is 8.00. The maximum atomic E-state index is 6.10. The van der Waals surface area contributed by atoms with Crippen molar-refractivity contribution < 1.29 is 4.74 Å². The molecular weight excluding hydrogens is 314 g/mol. The largest absolute Gasteiger partial charge is 0.370 e. The van der Waals surface area contributed by atoms with Crippen LogP contribution in [0.15, 0.2) is 34.7 Å². The normalized spacial score (nSPS) is 21.9. The molecule has 118 valence electrons. The van der Waals surface area contributed by atoms with Crippen LogP contribution in [0.2, 0.25) is 0 Å². The lowest BCUT2D eigenvalue weighted by molar-refractivity contribution is -0.104. The average Bonchev–Trinajstić information content (AvgIpc) is 2.98. The third kappa shape index (κ3) is 3.51. The fourth-order valence-corrected chi connectivity index (χ4v) is 3.92. The standard InChI is InChI=1S/C16H21N3OS2/c1-16(2)11-20-13(12-7-5-4-6-8-12)9-19(16)10-14-17-18-15(21-3)22-14/h4-8,13H,9-11H2,1-3H3/t13-/m1/s1. The van der Waals surface area contributed by atoms with Crippen LogP contribution in [0.4, 0.5) is 0 Å². The molecule has 1 atom stereocenters. The Morgan fingerprint density at radius 2 is 2.09 bits per heavy atom. The minimum absolute atomic E-state index is 0.0104. The highest BCUT2D eigenvalue weighted by atomic mass is 32.2. The van der Waals surface area contributed by atoms with E-state index in [1.807, 2.05) is 12.3 Å². The number of aromatic nitrogens is 2. The molecule has 0 unspecified atom stereocenters. The van der Waals surface area contributed by atoms with Crippen LogP contribution in [0.5, 0.6) is 0 Å². The Labute approximate surface area is 139 Å². The van der Waals surface area contributed by atoms with Gasteiger partial charge in [0.15, 0.2) is 4.34 Å². The number of morpholine rings is 1. The van der Waals surface area contributed by atoms with Crippen molar-refractivity contribution in [2.24, 2.45) is 0 Å². The van der Waals surface area contributed by atoms with Gasteiger partial charge < -0.3 is 4.74 Å². The summed E-state index contributed by atoms with van der Waals surface area (Å²) in [5.74, 6) is 0. The molecule has 1 aliphatic heterocycles. The van der Waals surface area contributed by atoms with Gasteiger partial charge in [-0.15, -0.1) is 10.2 Å². The van der Waals surface area contributed by atoms with E-state index in [0.29, 0.717) is 0 Å². The van der Waals surface area contributed by atoms with Crippen molar-refractivity contribution in [2.75, 3.05) is 19.4 Å². The molecular formula is C16H21N3OS2. The van der Waals surface area contributed by atoms with E-state index in [9.17, 15) is 0 Å². The number of rotatable bonds is 4. The van der Waals surface area contributed by atoms with Gasteiger partial charge in [0.2, 0.25) is 0 Å². The van der Waals surface area contributed by atoms with Crippen molar-refractivity contribution in [3.8, 4) is 0 Å². The van der Waals surface area contributed by atoms with Crippen molar-refractivity contribution >= 4 is 23.1 Å². The minimum Gasteiger partial charge on any atom is -0.370 e. The van der Waals surface area contributed by atoms with Crippen molar-refractivity contribution in [3.63, 3.8) is 0 Å². The van der Waals surface area contributed by atoms with E-state index in [1.165, 1.54) is 5.56 Å². The van der Waals surface area contributed by atoms with Gasteiger partial charge >= 0.3 is 0 Å². The van der Waals surface area contributed by atoms with E-state index in [4.69, 9.17) is 4.74 Å². The van der Waals surface area contributed by atoms with Crippen molar-refractivity contribution in [3.05, 3.63) is 40.9 Å². The van der Waals surface area contributed by atoms with Crippen LogP contribution in [0.1, 0.15) is 30.5 Å². The third-order valence-electron chi connectivity index (χ3n) is 4.00. The lowest BCUT2D eigenvalue weighted by Crippen LogP contribution is -2.53. The Bertz CT molecular complexity index is 615. The Balaban J connectivity index is 1.75. The molecule has 6 heteroatoms. The van der Waals surface area contributed by atoms with E-state index in [-0.39, 0.29) is 11.6 Å². The number of hydrogen-bond donors (Lipinski definition) is 0. The quantitative estimate of drug-likeness (QED) is 0.798. The van der Waals surface area contributed by atoms with Crippen molar-refractivity contribution in [2.45, 2.75) is 36.4 Å². The van der Waals surface area contributed by atoms with Crippen molar-refractivity contribution in [1.82, 2.24) is 15.1 Å². The number of hydrogen-bond acceptors (Lipinski definition) is 6. The molecule has 2 aromatic rings. The summed E-state index contributed by atoms with van der Waals surface area (Å²) in [5, 5.41) is 9.58. The minimum atomic E-state index is 0.0104. The van der Waals surface area contributed by atoms with Gasteiger partial charge in [0.25, 0.3) is 0 Å². The second-order valence-corrected chi connectivity index (χ2v) is 8.18. The summed E-state index contributed by atoms with van der Waals surface area (Å²) in [6.07, 6.45) is 2.16. The summed E-state index contributed by atoms with van der Waals surface area (Å²) in [7, 11) is 0. The number of benzene rings is 1. The van der Waals surface area contributed by atoms with E-state index in [1.54, 1.807) is 23.1 Å². The average molecular weight is 335 g/mol. The first-order chi connectivity index (χ1) is 10.6. The molecule has 4 nitrogen and oxygen atoms in total. The molecule has 3 rings (SSSR count). The first-order valence-electron chi connectivity index (χ1n) is 7.36. The van der Waals surface area contributed by atoms with E-state index in [2.05, 4.69) is 53.2 Å². The van der Waals surface area contributed by atoms with Crippen LogP contribution in [-0.4, -0.2) is 40.0 Å². The smallest absolute Gasteiger partial charge is 0.174 e. The highest BCUT2D eigenvalue weighted by Gasteiger charge is 2.36. The number of ether oxygens (including phenoxy) is 1. The van der Waals surface area contributed by atoms with Gasteiger partial charge in [-0.3, -0.25) is 4.90 Å². The number of thioether (sulfide) groups is 1. The lowest BCUT2D eigenvalue weighted by Gasteiger charge is -2.45. The zero-order valence-electron chi connectivity index (χ0n) is 13.2. The van der Waals surface area contributed by atoms with Gasteiger partial charge in [-0.05, 0) is 25.7 Å². The second kappa shape index (κ2) is 6.66. The molecule has 0 spiro atoms. The molecule has 1 saturated heterocycles. The molecule has 22 heavy (non-hydrogen) atoms. The summed E-state index contributed by atoms with van der Waals surface area (Å²) in [6.45, 7) is 6.89. The van der Waals surface area contributed by atoms with E-state index < -0.39 is 0 Å². The van der Waals surface area contributed by atoms with Gasteiger partial charge in [-0.25, -0.2) is 0 Å². The maximum absolute atomic E-state index is 6.10. The zero-order valence-corrected chi connectivity index (χ0v) is 14.8. The molecule has 1 aliphatic rings. The Morgan fingerprint density at radius 1 is 1.32 bits per heavy atom. The van der Waals surface area contributed by atoms with E-state index in [0.717, 1.165) is 29.0 Å². The summed E-state index contributed by atoms with van der Waals surface area (Å²) in [4.78, 5) is 2.46. The van der Waals surface area contributed by atoms with Crippen LogP contribution >= 0.6 is 23.1 Å². The summed E-state index contributed by atoms with van der Waals surface area (Å²) < 4.78 is 7.12. The summed E-state index contributed by atoms with van der Waals surface area (Å²) in [5.41, 5.74) is 1.25. The predicted octanol–water partition coefficient (Wildman–Crippen LogP) is 3.61. The fraction of sp³-hybridized carbons (Fsp3) is 0.500. The van der Waals surface area contributed by atoms with Gasteiger partial charge in [-0.1, -0.05) is 53.4 Å². The summed E-state index contributed by atoms with van der Waals surface area (Å²) >= 11 is 3.33. The van der Waals surface area contributed by atoms with Crippen LogP contribution in [0, 0.1) is 0 Å². The zero-order chi connectivity index (χ0) is 15.6. The van der Waals surface area contributed by atoms with Gasteiger partial charge in [0.05, 0.1) is 19.3 Å². The topological polar surface area (TPSA) is 38.2 Å². The fourth-order valence-electron chi connectivity index (χ4n) is 2.59. The summed E-state index contributed by atoms with van der Waals surface area (Å²) in [6, 6.07) is 10.5. The van der Waals surface area contributed by atoms with Crippen LogP contribution in [0.3, 0.4) is 0 Å². The molecule has 0 N–H and O–H groups in total. The molecule has 0 aliphatic carbocycles. The molecule has 0 saturated carbocycles.